The number of rotatable bonds is 5. The number of hydrazine groups is 1. The molecule has 2 rings (SSSR count). The van der Waals surface area contributed by atoms with Gasteiger partial charge in [0.15, 0.2) is 0 Å². The van der Waals surface area contributed by atoms with Gasteiger partial charge in [-0.3, -0.25) is 15.0 Å². The Morgan fingerprint density at radius 3 is 2.71 bits per heavy atom. The summed E-state index contributed by atoms with van der Waals surface area (Å²) >= 11 is 1.66. The summed E-state index contributed by atoms with van der Waals surface area (Å²) in [6.45, 7) is 3.67. The molecule has 0 saturated carbocycles. The van der Waals surface area contributed by atoms with E-state index in [-0.39, 0.29) is 18.2 Å². The fraction of sp³-hybridized carbons (Fsp3) is 0.214. The molecule has 1 fully saturated rings. The molecule has 1 unspecified atom stereocenters. The Morgan fingerprint density at radius 1 is 1.43 bits per heavy atom. The molecular weight excluding hydrogens is 288 g/mol. The summed E-state index contributed by atoms with van der Waals surface area (Å²) in [7, 11) is 0. The first kappa shape index (κ1) is 15.1. The number of carbonyl (C=O) groups excluding carboxylic acids is 2. The van der Waals surface area contributed by atoms with Crippen LogP contribution >= 0.6 is 11.8 Å². The molecule has 3 N–H and O–H groups in total. The van der Waals surface area contributed by atoms with Crippen LogP contribution < -0.4 is 16.3 Å². The quantitative estimate of drug-likeness (QED) is 0.431. The minimum atomic E-state index is -0.555. The normalized spacial score (nSPS) is 17.7. The third kappa shape index (κ3) is 4.09. The van der Waals surface area contributed by atoms with Gasteiger partial charge in [-0.1, -0.05) is 18.7 Å². The van der Waals surface area contributed by atoms with Crippen LogP contribution in [-0.2, 0) is 9.59 Å². The van der Waals surface area contributed by atoms with Crippen molar-refractivity contribution in [3.05, 3.63) is 42.1 Å². The minimum Gasteiger partial charge on any atom is -0.302 e. The van der Waals surface area contributed by atoms with E-state index in [2.05, 4.69) is 28.0 Å². The second-order valence-electron chi connectivity index (χ2n) is 4.46. The molecule has 7 heteroatoms. The summed E-state index contributed by atoms with van der Waals surface area (Å²) < 4.78 is 0. The molecular formula is C14H16N4O2S. The number of amides is 2. The molecule has 1 aliphatic heterocycles. The SMILES string of the molecule is C=C1NNC(=O)C1CC(=O)NN=Cc1ccc(SC)cc1. The van der Waals surface area contributed by atoms with Gasteiger partial charge in [-0.25, -0.2) is 5.43 Å². The van der Waals surface area contributed by atoms with Crippen molar-refractivity contribution in [1.29, 1.82) is 0 Å². The van der Waals surface area contributed by atoms with Crippen LogP contribution in [-0.4, -0.2) is 24.3 Å². The van der Waals surface area contributed by atoms with E-state index < -0.39 is 5.92 Å². The summed E-state index contributed by atoms with van der Waals surface area (Å²) in [6, 6.07) is 7.79. The van der Waals surface area contributed by atoms with E-state index in [1.165, 1.54) is 0 Å². The van der Waals surface area contributed by atoms with Gasteiger partial charge in [0.05, 0.1) is 12.1 Å². The lowest BCUT2D eigenvalue weighted by Crippen LogP contribution is -2.27. The average molecular weight is 304 g/mol. The Bertz CT molecular complexity index is 567. The molecule has 110 valence electrons. The van der Waals surface area contributed by atoms with Crippen LogP contribution in [0.4, 0.5) is 0 Å². The van der Waals surface area contributed by atoms with E-state index in [0.29, 0.717) is 5.70 Å². The van der Waals surface area contributed by atoms with Crippen molar-refractivity contribution in [3.8, 4) is 0 Å². The van der Waals surface area contributed by atoms with Crippen LogP contribution in [0.1, 0.15) is 12.0 Å². The Kier molecular flexibility index (Phi) is 4.99. The van der Waals surface area contributed by atoms with Gasteiger partial charge in [0.25, 0.3) is 0 Å². The van der Waals surface area contributed by atoms with Gasteiger partial charge >= 0.3 is 0 Å². The van der Waals surface area contributed by atoms with Crippen molar-refractivity contribution >= 4 is 29.8 Å². The molecule has 6 nitrogen and oxygen atoms in total. The lowest BCUT2D eigenvalue weighted by atomic mass is 10.0. The summed E-state index contributed by atoms with van der Waals surface area (Å²) in [5.74, 6) is -1.15. The van der Waals surface area contributed by atoms with Gasteiger partial charge in [-0.15, -0.1) is 11.8 Å². The highest BCUT2D eigenvalue weighted by Crippen LogP contribution is 2.15. The number of thioether (sulfide) groups is 1. The van der Waals surface area contributed by atoms with Crippen LogP contribution in [0, 0.1) is 5.92 Å². The molecule has 1 saturated heterocycles. The number of hydrogen-bond donors (Lipinski definition) is 3. The number of nitrogens with one attached hydrogen (secondary N) is 3. The maximum atomic E-state index is 11.7. The van der Waals surface area contributed by atoms with E-state index in [4.69, 9.17) is 0 Å². The molecule has 1 atom stereocenters. The van der Waals surface area contributed by atoms with Crippen molar-refractivity contribution in [2.75, 3.05) is 6.26 Å². The standard InChI is InChI=1S/C14H16N4O2S/c1-9-12(14(20)18-16-9)7-13(19)17-15-8-10-3-5-11(21-2)6-4-10/h3-6,8,12,16H,1,7H2,2H3,(H,17,19)(H,18,20). The smallest absolute Gasteiger partial charge is 0.247 e. The fourth-order valence-electron chi connectivity index (χ4n) is 1.79. The highest BCUT2D eigenvalue weighted by atomic mass is 32.2. The zero-order chi connectivity index (χ0) is 15.2. The molecule has 0 spiro atoms. The first-order valence-corrected chi connectivity index (χ1v) is 7.53. The molecule has 1 aromatic rings. The van der Waals surface area contributed by atoms with Gasteiger partial charge in [-0.05, 0) is 24.0 Å². The van der Waals surface area contributed by atoms with Crippen LogP contribution in [0.2, 0.25) is 0 Å². The number of carbonyl (C=O) groups is 2. The van der Waals surface area contributed by atoms with Crippen molar-refractivity contribution in [1.82, 2.24) is 16.3 Å². The van der Waals surface area contributed by atoms with Crippen molar-refractivity contribution in [3.63, 3.8) is 0 Å². The van der Waals surface area contributed by atoms with E-state index in [0.717, 1.165) is 10.5 Å². The number of benzene rings is 1. The summed E-state index contributed by atoms with van der Waals surface area (Å²) in [5.41, 5.74) is 8.79. The molecule has 21 heavy (non-hydrogen) atoms. The second-order valence-corrected chi connectivity index (χ2v) is 5.34. The largest absolute Gasteiger partial charge is 0.302 e. The lowest BCUT2D eigenvalue weighted by Gasteiger charge is -2.05. The average Bonchev–Trinajstić information content (AvgIpc) is 2.80. The lowest BCUT2D eigenvalue weighted by molar-refractivity contribution is -0.127. The molecule has 0 radical (unpaired) electrons. The second kappa shape index (κ2) is 6.94. The topological polar surface area (TPSA) is 82.6 Å². The zero-order valence-electron chi connectivity index (χ0n) is 11.6. The van der Waals surface area contributed by atoms with Gasteiger partial charge in [0.2, 0.25) is 11.8 Å². The van der Waals surface area contributed by atoms with Gasteiger partial charge < -0.3 is 5.43 Å². The monoisotopic (exact) mass is 304 g/mol. The van der Waals surface area contributed by atoms with Gasteiger partial charge in [0, 0.05) is 17.0 Å². The molecule has 1 heterocycles. The maximum Gasteiger partial charge on any atom is 0.247 e. The fourth-order valence-corrected chi connectivity index (χ4v) is 2.20. The van der Waals surface area contributed by atoms with Crippen LogP contribution in [0.15, 0.2) is 46.5 Å². The first-order chi connectivity index (χ1) is 10.1. The molecule has 2 amide bonds. The number of nitrogens with zero attached hydrogens (tertiary/aromatic N) is 1. The number of hydrogen-bond acceptors (Lipinski definition) is 5. The third-order valence-electron chi connectivity index (χ3n) is 2.99. The van der Waals surface area contributed by atoms with Gasteiger partial charge in [-0.2, -0.15) is 5.10 Å². The van der Waals surface area contributed by atoms with Crippen molar-refractivity contribution in [2.45, 2.75) is 11.3 Å². The highest BCUT2D eigenvalue weighted by molar-refractivity contribution is 7.98. The maximum absolute atomic E-state index is 11.7. The molecule has 1 aliphatic rings. The summed E-state index contributed by atoms with van der Waals surface area (Å²) in [6.07, 6.45) is 3.58. The predicted molar refractivity (Wildman–Crippen MR) is 82.5 cm³/mol. The van der Waals surface area contributed by atoms with E-state index in [1.54, 1.807) is 18.0 Å². The van der Waals surface area contributed by atoms with Gasteiger partial charge in [0.1, 0.15) is 0 Å². The molecule has 0 bridgehead atoms. The molecule has 1 aromatic carbocycles. The Balaban J connectivity index is 1.84. The predicted octanol–water partition coefficient (Wildman–Crippen LogP) is 1.01. The van der Waals surface area contributed by atoms with Crippen molar-refractivity contribution < 1.29 is 9.59 Å². The van der Waals surface area contributed by atoms with Crippen LogP contribution in [0.25, 0.3) is 0 Å². The minimum absolute atomic E-state index is 0.0143. The zero-order valence-corrected chi connectivity index (χ0v) is 12.4. The first-order valence-electron chi connectivity index (χ1n) is 6.31. The van der Waals surface area contributed by atoms with Crippen LogP contribution in [0.5, 0.6) is 0 Å². The Morgan fingerprint density at radius 2 is 2.14 bits per heavy atom. The molecule has 0 aromatic heterocycles. The molecule has 0 aliphatic carbocycles. The van der Waals surface area contributed by atoms with Crippen molar-refractivity contribution in [2.24, 2.45) is 11.0 Å². The van der Waals surface area contributed by atoms with E-state index >= 15 is 0 Å². The van der Waals surface area contributed by atoms with E-state index in [1.807, 2.05) is 30.5 Å². The third-order valence-corrected chi connectivity index (χ3v) is 3.74. The van der Waals surface area contributed by atoms with Crippen LogP contribution in [0.3, 0.4) is 0 Å². The highest BCUT2D eigenvalue weighted by Gasteiger charge is 2.29. The summed E-state index contributed by atoms with van der Waals surface area (Å²) in [5, 5.41) is 3.88. The Hall–Kier alpha value is -2.28. The summed E-state index contributed by atoms with van der Waals surface area (Å²) in [4.78, 5) is 24.3. The van der Waals surface area contributed by atoms with E-state index in [9.17, 15) is 9.59 Å². The number of hydrazone groups is 1. The Labute approximate surface area is 127 Å².